The molecule has 3 aliphatic heterocycles. The lowest BCUT2D eigenvalue weighted by Gasteiger charge is -2.45. The first-order valence-electron chi connectivity index (χ1n) is 15.4. The summed E-state index contributed by atoms with van der Waals surface area (Å²) in [6.07, 6.45) is 8.03. The van der Waals surface area contributed by atoms with Gasteiger partial charge in [0.2, 0.25) is 0 Å². The molecule has 3 fully saturated rings. The Morgan fingerprint density at radius 2 is 1.57 bits per heavy atom. The van der Waals surface area contributed by atoms with Gasteiger partial charge in [-0.3, -0.25) is 9.69 Å². The van der Waals surface area contributed by atoms with E-state index in [0.29, 0.717) is 33.7 Å². The molecular weight excluding hydrogens is 563 g/mol. The molecule has 2 bridgehead atoms. The number of aryl methyl sites for hydroxylation is 1. The summed E-state index contributed by atoms with van der Waals surface area (Å²) in [7, 11) is 0. The number of nitrogens with zero attached hydrogens (tertiary/aromatic N) is 4. The van der Waals surface area contributed by atoms with Crippen molar-refractivity contribution in [1.82, 2.24) is 19.4 Å². The molecule has 7 heteroatoms. The number of para-hydroxylation sites is 2. The van der Waals surface area contributed by atoms with Crippen LogP contribution in [0.1, 0.15) is 72.7 Å². The molecule has 0 N–H and O–H groups in total. The van der Waals surface area contributed by atoms with Crippen LogP contribution in [0.4, 0.5) is 0 Å². The molecule has 3 atom stereocenters. The molecule has 4 aromatic rings. The van der Waals surface area contributed by atoms with Crippen LogP contribution in [0.15, 0.2) is 72.8 Å². The quantitative estimate of drug-likeness (QED) is 0.224. The highest BCUT2D eigenvalue weighted by atomic mass is 35.5. The molecule has 0 radical (unpaired) electrons. The van der Waals surface area contributed by atoms with E-state index in [4.69, 9.17) is 28.2 Å². The van der Waals surface area contributed by atoms with Crippen molar-refractivity contribution in [3.63, 3.8) is 0 Å². The van der Waals surface area contributed by atoms with E-state index in [0.717, 1.165) is 50.2 Å². The van der Waals surface area contributed by atoms with E-state index in [1.807, 2.05) is 4.90 Å². The van der Waals surface area contributed by atoms with Crippen LogP contribution < -0.4 is 0 Å². The van der Waals surface area contributed by atoms with Gasteiger partial charge in [-0.2, -0.15) is 0 Å². The van der Waals surface area contributed by atoms with Gasteiger partial charge in [-0.15, -0.1) is 0 Å². The zero-order valence-electron chi connectivity index (χ0n) is 24.2. The lowest BCUT2D eigenvalue weighted by atomic mass is 9.70. The van der Waals surface area contributed by atoms with Crippen LogP contribution in [-0.2, 0) is 5.41 Å². The minimum Gasteiger partial charge on any atom is -0.339 e. The molecule has 0 aliphatic carbocycles. The number of imidazole rings is 1. The van der Waals surface area contributed by atoms with E-state index in [2.05, 4.69) is 71.0 Å². The maximum absolute atomic E-state index is 13.4. The molecule has 218 valence electrons. The van der Waals surface area contributed by atoms with Crippen LogP contribution in [0.3, 0.4) is 0 Å². The molecule has 3 aliphatic rings. The van der Waals surface area contributed by atoms with E-state index in [9.17, 15) is 4.79 Å². The number of benzene rings is 3. The second kappa shape index (κ2) is 11.3. The number of rotatable bonds is 6. The van der Waals surface area contributed by atoms with Gasteiger partial charge in [0.1, 0.15) is 5.82 Å². The first-order valence-corrected chi connectivity index (χ1v) is 16.2. The van der Waals surface area contributed by atoms with Crippen LogP contribution in [0.2, 0.25) is 10.0 Å². The highest BCUT2D eigenvalue weighted by Crippen LogP contribution is 2.45. The van der Waals surface area contributed by atoms with Gasteiger partial charge in [-0.05, 0) is 99.7 Å². The Morgan fingerprint density at radius 3 is 2.29 bits per heavy atom. The molecule has 3 aromatic carbocycles. The van der Waals surface area contributed by atoms with Gasteiger partial charge >= 0.3 is 0 Å². The standard InChI is InChI=1S/C35H38Cl2N4O/c1-24-38-32-9-5-6-10-33(32)41(24)29-22-27-12-13-28(23-29)40(27)20-17-35(26-7-3-2-4-8-26)15-18-39(19-16-35)34(42)25-11-14-30(36)31(37)21-25/h2-11,14,21,27-29H,12-13,15-20,22-23H2,1H3/t27-,28+,29+. The Balaban J connectivity index is 1.06. The van der Waals surface area contributed by atoms with Gasteiger partial charge in [-0.1, -0.05) is 65.7 Å². The third-order valence-electron chi connectivity index (χ3n) is 10.4. The molecule has 42 heavy (non-hydrogen) atoms. The summed E-state index contributed by atoms with van der Waals surface area (Å²) in [5, 5.41) is 0.898. The van der Waals surface area contributed by atoms with Crippen molar-refractivity contribution in [2.45, 2.75) is 75.4 Å². The van der Waals surface area contributed by atoms with E-state index in [-0.39, 0.29) is 11.3 Å². The molecule has 0 spiro atoms. The number of carbonyl (C=O) groups excluding carboxylic acids is 1. The number of aromatic nitrogens is 2. The third kappa shape index (κ3) is 5.04. The molecule has 7 rings (SSSR count). The van der Waals surface area contributed by atoms with Crippen LogP contribution in [-0.4, -0.2) is 57.0 Å². The monoisotopic (exact) mass is 600 g/mol. The van der Waals surface area contributed by atoms with Crippen molar-refractivity contribution >= 4 is 40.1 Å². The summed E-state index contributed by atoms with van der Waals surface area (Å²) in [5.74, 6) is 1.18. The second-order valence-corrected chi connectivity index (χ2v) is 13.4. The van der Waals surface area contributed by atoms with Gasteiger partial charge in [-0.25, -0.2) is 4.98 Å². The average Bonchev–Trinajstić information content (AvgIpc) is 3.48. The molecule has 0 saturated carbocycles. The Bertz CT molecular complexity index is 1580. The van der Waals surface area contributed by atoms with Crippen LogP contribution >= 0.6 is 23.2 Å². The number of hydrogen-bond acceptors (Lipinski definition) is 3. The molecule has 5 nitrogen and oxygen atoms in total. The van der Waals surface area contributed by atoms with Crippen molar-refractivity contribution in [3.8, 4) is 0 Å². The van der Waals surface area contributed by atoms with Gasteiger partial charge in [0, 0.05) is 36.8 Å². The van der Waals surface area contributed by atoms with Gasteiger partial charge in [0.25, 0.3) is 5.91 Å². The lowest BCUT2D eigenvalue weighted by molar-refractivity contribution is 0.0607. The van der Waals surface area contributed by atoms with E-state index >= 15 is 0 Å². The average molecular weight is 602 g/mol. The fraction of sp³-hybridized carbons (Fsp3) is 0.429. The summed E-state index contributed by atoms with van der Waals surface area (Å²) in [6.45, 7) is 4.77. The number of amides is 1. The highest BCUT2D eigenvalue weighted by Gasteiger charge is 2.44. The van der Waals surface area contributed by atoms with Crippen molar-refractivity contribution in [1.29, 1.82) is 0 Å². The molecular formula is C35H38Cl2N4O. The predicted molar refractivity (Wildman–Crippen MR) is 171 cm³/mol. The van der Waals surface area contributed by atoms with Crippen molar-refractivity contribution in [2.75, 3.05) is 19.6 Å². The summed E-state index contributed by atoms with van der Waals surface area (Å²) in [6, 6.07) is 26.6. The summed E-state index contributed by atoms with van der Waals surface area (Å²) in [4.78, 5) is 23.1. The molecule has 0 unspecified atom stereocenters. The summed E-state index contributed by atoms with van der Waals surface area (Å²) in [5.41, 5.74) is 4.48. The number of likely N-dealkylation sites (tertiary alicyclic amines) is 1. The zero-order valence-corrected chi connectivity index (χ0v) is 25.7. The second-order valence-electron chi connectivity index (χ2n) is 12.6. The number of carbonyl (C=O) groups is 1. The number of hydrogen-bond donors (Lipinski definition) is 0. The zero-order chi connectivity index (χ0) is 28.8. The van der Waals surface area contributed by atoms with Gasteiger partial charge < -0.3 is 9.47 Å². The lowest BCUT2D eigenvalue weighted by Crippen LogP contribution is -2.49. The van der Waals surface area contributed by atoms with E-state index in [1.54, 1.807) is 18.2 Å². The number of fused-ring (bicyclic) bond motifs is 3. The minimum absolute atomic E-state index is 0.0395. The van der Waals surface area contributed by atoms with Gasteiger partial charge in [0.05, 0.1) is 21.1 Å². The fourth-order valence-electron chi connectivity index (χ4n) is 8.21. The smallest absolute Gasteiger partial charge is 0.253 e. The number of halogens is 2. The Labute approximate surface area is 258 Å². The molecule has 4 heterocycles. The van der Waals surface area contributed by atoms with Crippen LogP contribution in [0.5, 0.6) is 0 Å². The largest absolute Gasteiger partial charge is 0.339 e. The molecule has 1 amide bonds. The Morgan fingerprint density at radius 1 is 0.881 bits per heavy atom. The maximum atomic E-state index is 13.4. The van der Waals surface area contributed by atoms with E-state index in [1.165, 1.54) is 36.8 Å². The molecule has 3 saturated heterocycles. The SMILES string of the molecule is Cc1nc2ccccc2n1[C@H]1C[C@H]2CC[C@@H](C1)N2CCC1(c2ccccc2)CCN(C(=O)c2ccc(Cl)c(Cl)c2)CC1. The van der Waals surface area contributed by atoms with Crippen LogP contribution in [0.25, 0.3) is 11.0 Å². The van der Waals surface area contributed by atoms with Gasteiger partial charge in [0.15, 0.2) is 0 Å². The minimum atomic E-state index is 0.0395. The van der Waals surface area contributed by atoms with Crippen LogP contribution in [0, 0.1) is 6.92 Å². The first kappa shape index (κ1) is 27.9. The Hall–Kier alpha value is -2.86. The number of piperidine rings is 2. The summed E-state index contributed by atoms with van der Waals surface area (Å²) < 4.78 is 2.52. The maximum Gasteiger partial charge on any atom is 0.253 e. The highest BCUT2D eigenvalue weighted by molar-refractivity contribution is 6.42. The Kier molecular flexibility index (Phi) is 7.54. The fourth-order valence-corrected chi connectivity index (χ4v) is 8.51. The normalized spacial score (nSPS) is 23.9. The van der Waals surface area contributed by atoms with E-state index < -0.39 is 0 Å². The van der Waals surface area contributed by atoms with Crippen molar-refractivity contribution in [3.05, 3.63) is 99.8 Å². The third-order valence-corrected chi connectivity index (χ3v) is 11.1. The first-order chi connectivity index (χ1) is 20.4. The predicted octanol–water partition coefficient (Wildman–Crippen LogP) is 8.08. The molecule has 1 aromatic heterocycles. The topological polar surface area (TPSA) is 41.4 Å². The summed E-state index contributed by atoms with van der Waals surface area (Å²) >= 11 is 12.3. The van der Waals surface area contributed by atoms with Crippen molar-refractivity contribution < 1.29 is 4.79 Å². The van der Waals surface area contributed by atoms with Crippen molar-refractivity contribution in [2.24, 2.45) is 0 Å².